The van der Waals surface area contributed by atoms with E-state index in [1.54, 1.807) is 0 Å². The number of carbonyl (C=O) groups excluding carboxylic acids is 4. The van der Waals surface area contributed by atoms with Gasteiger partial charge < -0.3 is 15.4 Å². The monoisotopic (exact) mass is 412 g/mol. The Bertz CT molecular complexity index is 825. The van der Waals surface area contributed by atoms with Gasteiger partial charge in [-0.1, -0.05) is 11.6 Å². The normalized spacial score (nSPS) is 13.8. The fraction of sp³-hybridized carbons (Fsp3) is 0.375. The van der Waals surface area contributed by atoms with Crippen LogP contribution in [-0.2, 0) is 14.3 Å². The van der Waals surface area contributed by atoms with Crippen LogP contribution in [0.2, 0.25) is 5.02 Å². The summed E-state index contributed by atoms with van der Waals surface area (Å²) in [4.78, 5) is 57.1. The second-order valence-corrected chi connectivity index (χ2v) is 6.38. The van der Waals surface area contributed by atoms with Crippen molar-refractivity contribution in [3.05, 3.63) is 38.9 Å². The first-order valence-corrected chi connectivity index (χ1v) is 8.58. The SMILES string of the molecule is CC(OC(=O)CNC(=O)c1ccc(Cl)c([N+](=O)[O-])c1)C(=O)NC(=O)NC1CC1. The molecule has 1 aliphatic carbocycles. The molecule has 150 valence electrons. The third kappa shape index (κ3) is 6.20. The number of nitro groups is 1. The molecule has 0 aliphatic heterocycles. The Morgan fingerprint density at radius 1 is 1.32 bits per heavy atom. The van der Waals surface area contributed by atoms with Gasteiger partial charge in [-0.3, -0.25) is 29.8 Å². The molecule has 12 heteroatoms. The van der Waals surface area contributed by atoms with Crippen LogP contribution in [0.15, 0.2) is 18.2 Å². The summed E-state index contributed by atoms with van der Waals surface area (Å²) in [5.41, 5.74) is -0.530. The summed E-state index contributed by atoms with van der Waals surface area (Å²) < 4.78 is 4.83. The Morgan fingerprint density at radius 2 is 2.00 bits per heavy atom. The lowest BCUT2D eigenvalue weighted by atomic mass is 10.2. The number of rotatable bonds is 7. The molecule has 0 aromatic heterocycles. The lowest BCUT2D eigenvalue weighted by Gasteiger charge is -2.13. The molecule has 0 saturated heterocycles. The molecule has 0 radical (unpaired) electrons. The smallest absolute Gasteiger partial charge is 0.326 e. The highest BCUT2D eigenvalue weighted by molar-refractivity contribution is 6.32. The largest absolute Gasteiger partial charge is 0.451 e. The Hall–Kier alpha value is -3.21. The van der Waals surface area contributed by atoms with Crippen LogP contribution < -0.4 is 16.0 Å². The topological polar surface area (TPSA) is 157 Å². The predicted octanol–water partition coefficient (Wildman–Crippen LogP) is 0.898. The molecule has 1 saturated carbocycles. The van der Waals surface area contributed by atoms with Crippen LogP contribution in [0.25, 0.3) is 0 Å². The molecule has 0 heterocycles. The van der Waals surface area contributed by atoms with Crippen molar-refractivity contribution in [3.8, 4) is 0 Å². The van der Waals surface area contributed by atoms with Gasteiger partial charge in [-0.05, 0) is 31.9 Å². The first kappa shape index (κ1) is 21.1. The molecule has 28 heavy (non-hydrogen) atoms. The van der Waals surface area contributed by atoms with Crippen LogP contribution in [-0.4, -0.2) is 47.4 Å². The van der Waals surface area contributed by atoms with E-state index in [2.05, 4.69) is 10.6 Å². The Labute approximate surface area is 163 Å². The van der Waals surface area contributed by atoms with Gasteiger partial charge in [0, 0.05) is 17.7 Å². The fourth-order valence-electron chi connectivity index (χ4n) is 2.00. The molecule has 0 spiro atoms. The maximum Gasteiger partial charge on any atom is 0.326 e. The quantitative estimate of drug-likeness (QED) is 0.341. The lowest BCUT2D eigenvalue weighted by molar-refractivity contribution is -0.384. The summed E-state index contributed by atoms with van der Waals surface area (Å²) in [6.45, 7) is 0.684. The van der Waals surface area contributed by atoms with Crippen molar-refractivity contribution in [1.82, 2.24) is 16.0 Å². The van der Waals surface area contributed by atoms with E-state index in [-0.39, 0.29) is 16.6 Å². The first-order chi connectivity index (χ1) is 13.2. The van der Waals surface area contributed by atoms with E-state index in [1.165, 1.54) is 19.1 Å². The molecular formula is C16H17ClN4O7. The van der Waals surface area contributed by atoms with Gasteiger partial charge in [-0.2, -0.15) is 0 Å². The zero-order valence-corrected chi connectivity index (χ0v) is 15.4. The van der Waals surface area contributed by atoms with Gasteiger partial charge in [0.25, 0.3) is 17.5 Å². The first-order valence-electron chi connectivity index (χ1n) is 8.20. The number of imide groups is 1. The van der Waals surface area contributed by atoms with Crippen molar-refractivity contribution >= 4 is 41.1 Å². The number of carbonyl (C=O) groups is 4. The fourth-order valence-corrected chi connectivity index (χ4v) is 2.19. The maximum absolute atomic E-state index is 12.0. The van der Waals surface area contributed by atoms with Crippen LogP contribution in [0.3, 0.4) is 0 Å². The Kier molecular flexibility index (Phi) is 6.88. The van der Waals surface area contributed by atoms with Crippen LogP contribution in [0.4, 0.5) is 10.5 Å². The third-order valence-electron chi connectivity index (χ3n) is 3.63. The molecule has 3 N–H and O–H groups in total. The Morgan fingerprint density at radius 3 is 2.61 bits per heavy atom. The van der Waals surface area contributed by atoms with Crippen LogP contribution in [0, 0.1) is 10.1 Å². The number of hydrogen-bond donors (Lipinski definition) is 3. The highest BCUT2D eigenvalue weighted by atomic mass is 35.5. The number of nitrogens with zero attached hydrogens (tertiary/aromatic N) is 1. The summed E-state index contributed by atoms with van der Waals surface area (Å²) in [5.74, 6) is -2.51. The van der Waals surface area contributed by atoms with Crippen LogP contribution in [0.1, 0.15) is 30.1 Å². The highest BCUT2D eigenvalue weighted by Crippen LogP contribution is 2.24. The minimum Gasteiger partial charge on any atom is -0.451 e. The third-order valence-corrected chi connectivity index (χ3v) is 3.94. The van der Waals surface area contributed by atoms with Crippen LogP contribution >= 0.6 is 11.6 Å². The van der Waals surface area contributed by atoms with Gasteiger partial charge in [0.15, 0.2) is 6.10 Å². The minimum absolute atomic E-state index is 0.0598. The second kappa shape index (κ2) is 9.13. The number of nitro benzene ring substituents is 1. The summed E-state index contributed by atoms with van der Waals surface area (Å²) >= 11 is 5.66. The van der Waals surface area contributed by atoms with E-state index >= 15 is 0 Å². The molecule has 1 fully saturated rings. The van der Waals surface area contributed by atoms with E-state index < -0.39 is 47.1 Å². The highest BCUT2D eigenvalue weighted by Gasteiger charge is 2.26. The summed E-state index contributed by atoms with van der Waals surface area (Å²) in [5, 5.41) is 17.5. The summed E-state index contributed by atoms with van der Waals surface area (Å²) in [6.07, 6.45) is 0.441. The number of esters is 1. The van der Waals surface area contributed by atoms with Crippen molar-refractivity contribution in [2.24, 2.45) is 0 Å². The zero-order valence-electron chi connectivity index (χ0n) is 14.7. The van der Waals surface area contributed by atoms with E-state index in [0.717, 1.165) is 18.9 Å². The van der Waals surface area contributed by atoms with Crippen molar-refractivity contribution in [2.75, 3.05) is 6.54 Å². The number of urea groups is 1. The molecule has 4 amide bonds. The maximum atomic E-state index is 12.0. The number of halogens is 1. The summed E-state index contributed by atoms with van der Waals surface area (Å²) in [6, 6.07) is 2.80. The van der Waals surface area contributed by atoms with Crippen molar-refractivity contribution in [1.29, 1.82) is 0 Å². The number of benzene rings is 1. The standard InChI is InChI=1S/C16H17ClN4O7/c1-8(14(23)20-16(25)19-10-3-4-10)28-13(22)7-18-15(24)9-2-5-11(17)12(6-9)21(26)27/h2,5-6,8,10H,3-4,7H2,1H3,(H,18,24)(H2,19,20,23,25). The zero-order chi connectivity index (χ0) is 20.8. The van der Waals surface area contributed by atoms with Gasteiger partial charge in [0.2, 0.25) is 0 Å². The van der Waals surface area contributed by atoms with Crippen molar-refractivity contribution in [3.63, 3.8) is 0 Å². The van der Waals surface area contributed by atoms with E-state index in [1.807, 2.05) is 5.32 Å². The van der Waals surface area contributed by atoms with Crippen molar-refractivity contribution < 1.29 is 28.8 Å². The molecule has 1 aromatic rings. The second-order valence-electron chi connectivity index (χ2n) is 5.98. The number of ether oxygens (including phenoxy) is 1. The summed E-state index contributed by atoms with van der Waals surface area (Å²) in [7, 11) is 0. The molecular weight excluding hydrogens is 396 g/mol. The van der Waals surface area contributed by atoms with E-state index in [9.17, 15) is 29.3 Å². The lowest BCUT2D eigenvalue weighted by Crippen LogP contribution is -2.46. The number of amides is 4. The van der Waals surface area contributed by atoms with Crippen molar-refractivity contribution in [2.45, 2.75) is 31.9 Å². The Balaban J connectivity index is 1.80. The molecule has 1 aromatic carbocycles. The van der Waals surface area contributed by atoms with Crippen LogP contribution in [0.5, 0.6) is 0 Å². The van der Waals surface area contributed by atoms with E-state index in [0.29, 0.717) is 0 Å². The van der Waals surface area contributed by atoms with Gasteiger partial charge in [-0.15, -0.1) is 0 Å². The molecule has 0 bridgehead atoms. The number of hydrogen-bond acceptors (Lipinski definition) is 7. The van der Waals surface area contributed by atoms with Gasteiger partial charge in [0.1, 0.15) is 11.6 Å². The molecule has 1 aliphatic rings. The predicted molar refractivity (Wildman–Crippen MR) is 95.7 cm³/mol. The van der Waals surface area contributed by atoms with Gasteiger partial charge >= 0.3 is 12.0 Å². The average molecular weight is 413 g/mol. The molecule has 1 atom stereocenters. The van der Waals surface area contributed by atoms with Gasteiger partial charge in [-0.25, -0.2) is 4.79 Å². The molecule has 11 nitrogen and oxygen atoms in total. The molecule has 2 rings (SSSR count). The number of nitrogens with one attached hydrogen (secondary N) is 3. The molecule has 1 unspecified atom stereocenters. The van der Waals surface area contributed by atoms with E-state index in [4.69, 9.17) is 16.3 Å². The van der Waals surface area contributed by atoms with Gasteiger partial charge in [0.05, 0.1) is 4.92 Å². The average Bonchev–Trinajstić information content (AvgIpc) is 3.43. The minimum atomic E-state index is -1.26.